The third kappa shape index (κ3) is 4.66. The number of benzene rings is 1. The molecule has 0 unspecified atom stereocenters. The van der Waals surface area contributed by atoms with Crippen LogP contribution < -0.4 is 10.5 Å². The van der Waals surface area contributed by atoms with E-state index in [1.165, 1.54) is 0 Å². The molecule has 0 aliphatic heterocycles. The predicted molar refractivity (Wildman–Crippen MR) is 53.3 cm³/mol. The second-order valence-electron chi connectivity index (χ2n) is 3.03. The van der Waals surface area contributed by atoms with Crippen LogP contribution in [0, 0.1) is 5.82 Å². The van der Waals surface area contributed by atoms with E-state index in [-0.39, 0.29) is 16.5 Å². The predicted octanol–water partition coefficient (Wildman–Crippen LogP) is 2.98. The van der Waals surface area contributed by atoms with Gasteiger partial charge in [0.2, 0.25) is 0 Å². The maximum absolute atomic E-state index is 13.0. The van der Waals surface area contributed by atoms with Gasteiger partial charge in [0, 0.05) is 6.07 Å². The van der Waals surface area contributed by atoms with E-state index < -0.39 is 25.4 Å². The average Bonchev–Trinajstić information content (AvgIpc) is 2.18. The number of anilines is 1. The molecular formula is C9H8ClF4NO2. The summed E-state index contributed by atoms with van der Waals surface area (Å²) in [5.74, 6) is -0.916. The number of nitrogens with two attached hydrogens (primary N) is 1. The minimum Gasteiger partial charge on any atom is -0.466 e. The third-order valence-corrected chi connectivity index (χ3v) is 1.91. The summed E-state index contributed by atoms with van der Waals surface area (Å²) in [5.41, 5.74) is 5.02. The zero-order valence-corrected chi connectivity index (χ0v) is 9.11. The van der Waals surface area contributed by atoms with Gasteiger partial charge in [-0.15, -0.1) is 0 Å². The summed E-state index contributed by atoms with van der Waals surface area (Å²) in [4.78, 5) is 0. The first-order valence-electron chi connectivity index (χ1n) is 4.31. The average molecular weight is 274 g/mol. The molecule has 0 heterocycles. The molecule has 1 aromatic carbocycles. The lowest BCUT2D eigenvalue weighted by Crippen LogP contribution is -2.19. The lowest BCUT2D eigenvalue weighted by Gasteiger charge is -2.10. The van der Waals surface area contributed by atoms with Gasteiger partial charge in [-0.2, -0.15) is 13.2 Å². The van der Waals surface area contributed by atoms with Crippen LogP contribution in [0.1, 0.15) is 0 Å². The summed E-state index contributed by atoms with van der Waals surface area (Å²) < 4.78 is 56.9. The Kier molecular flexibility index (Phi) is 4.41. The molecule has 17 heavy (non-hydrogen) atoms. The summed E-state index contributed by atoms with van der Waals surface area (Å²) in [5, 5.41) is -0.0143. The topological polar surface area (TPSA) is 44.5 Å². The molecule has 0 atom stereocenters. The first-order valence-corrected chi connectivity index (χ1v) is 4.69. The normalized spacial score (nSPS) is 11.6. The molecule has 0 fully saturated rings. The summed E-state index contributed by atoms with van der Waals surface area (Å²) in [7, 11) is 0. The zero-order chi connectivity index (χ0) is 13.1. The van der Waals surface area contributed by atoms with E-state index in [4.69, 9.17) is 22.1 Å². The van der Waals surface area contributed by atoms with Crippen molar-refractivity contribution in [1.82, 2.24) is 0 Å². The number of hydrogen-bond donors (Lipinski definition) is 1. The molecule has 96 valence electrons. The van der Waals surface area contributed by atoms with Crippen molar-refractivity contribution in [2.45, 2.75) is 6.18 Å². The number of nitrogen functional groups attached to an aromatic ring is 1. The van der Waals surface area contributed by atoms with Gasteiger partial charge in [0.05, 0.1) is 10.7 Å². The second kappa shape index (κ2) is 5.42. The van der Waals surface area contributed by atoms with Crippen molar-refractivity contribution in [2.24, 2.45) is 0 Å². The molecule has 0 bridgehead atoms. The fourth-order valence-corrected chi connectivity index (χ4v) is 1.14. The highest BCUT2D eigenvalue weighted by molar-refractivity contribution is 6.32. The zero-order valence-electron chi connectivity index (χ0n) is 8.35. The summed E-state index contributed by atoms with van der Waals surface area (Å²) in [6.45, 7) is -2.15. The first-order chi connectivity index (χ1) is 7.79. The molecule has 0 aliphatic rings. The smallest absolute Gasteiger partial charge is 0.411 e. The van der Waals surface area contributed by atoms with Gasteiger partial charge < -0.3 is 15.2 Å². The maximum Gasteiger partial charge on any atom is 0.411 e. The van der Waals surface area contributed by atoms with E-state index in [0.717, 1.165) is 12.1 Å². The van der Waals surface area contributed by atoms with E-state index in [0.29, 0.717) is 0 Å². The van der Waals surface area contributed by atoms with Crippen LogP contribution in [0.25, 0.3) is 0 Å². The van der Waals surface area contributed by atoms with Crippen molar-refractivity contribution in [3.8, 4) is 5.75 Å². The molecule has 0 spiro atoms. The van der Waals surface area contributed by atoms with Crippen molar-refractivity contribution < 1.29 is 27.0 Å². The third-order valence-electron chi connectivity index (χ3n) is 1.61. The molecule has 2 N–H and O–H groups in total. The number of halogens is 5. The number of alkyl halides is 3. The second-order valence-corrected chi connectivity index (χ2v) is 3.44. The van der Waals surface area contributed by atoms with Crippen LogP contribution in [0.15, 0.2) is 12.1 Å². The quantitative estimate of drug-likeness (QED) is 0.397. The van der Waals surface area contributed by atoms with Gasteiger partial charge in [0.25, 0.3) is 0 Å². The molecular weight excluding hydrogens is 266 g/mol. The Hall–Kier alpha value is -1.21. The van der Waals surface area contributed by atoms with Crippen molar-refractivity contribution in [2.75, 3.05) is 19.1 Å². The minimum atomic E-state index is -4.44. The van der Waals surface area contributed by atoms with E-state index in [9.17, 15) is 17.6 Å². The van der Waals surface area contributed by atoms with Crippen LogP contribution in [0.2, 0.25) is 5.02 Å². The largest absolute Gasteiger partial charge is 0.466 e. The fourth-order valence-electron chi connectivity index (χ4n) is 0.917. The van der Waals surface area contributed by atoms with Crippen molar-refractivity contribution in [1.29, 1.82) is 0 Å². The van der Waals surface area contributed by atoms with E-state index in [2.05, 4.69) is 4.74 Å². The first kappa shape index (κ1) is 13.9. The Morgan fingerprint density at radius 3 is 2.53 bits per heavy atom. The van der Waals surface area contributed by atoms with Gasteiger partial charge in [-0.25, -0.2) is 4.39 Å². The van der Waals surface area contributed by atoms with Gasteiger partial charge in [0.1, 0.15) is 18.2 Å². The summed E-state index contributed by atoms with van der Waals surface area (Å²) in [6, 6.07) is 1.96. The molecule has 1 aromatic rings. The van der Waals surface area contributed by atoms with Crippen LogP contribution in [-0.2, 0) is 4.74 Å². The SMILES string of the molecule is Nc1cc(Cl)c(OCOCC(F)(F)F)cc1F. The lowest BCUT2D eigenvalue weighted by atomic mass is 10.3. The van der Waals surface area contributed by atoms with Crippen molar-refractivity contribution in [3.63, 3.8) is 0 Å². The van der Waals surface area contributed by atoms with Gasteiger partial charge in [-0.05, 0) is 6.07 Å². The fraction of sp³-hybridized carbons (Fsp3) is 0.333. The Morgan fingerprint density at radius 1 is 1.29 bits per heavy atom. The van der Waals surface area contributed by atoms with Crippen LogP contribution in [0.3, 0.4) is 0 Å². The van der Waals surface area contributed by atoms with Gasteiger partial charge >= 0.3 is 6.18 Å². The monoisotopic (exact) mass is 273 g/mol. The maximum atomic E-state index is 13.0. The number of rotatable bonds is 4. The van der Waals surface area contributed by atoms with Crippen LogP contribution in [0.5, 0.6) is 5.75 Å². The Balaban J connectivity index is 2.50. The molecule has 0 radical (unpaired) electrons. The molecule has 1 rings (SSSR count). The number of ether oxygens (including phenoxy) is 2. The molecule has 0 aliphatic carbocycles. The highest BCUT2D eigenvalue weighted by atomic mass is 35.5. The minimum absolute atomic E-state index is 0.0143. The molecule has 0 amide bonds. The van der Waals surface area contributed by atoms with Crippen LogP contribution in [0.4, 0.5) is 23.2 Å². The lowest BCUT2D eigenvalue weighted by molar-refractivity contribution is -0.186. The van der Waals surface area contributed by atoms with E-state index in [1.807, 2.05) is 0 Å². The van der Waals surface area contributed by atoms with Crippen LogP contribution in [-0.4, -0.2) is 19.6 Å². The highest BCUT2D eigenvalue weighted by Gasteiger charge is 2.27. The summed E-state index contributed by atoms with van der Waals surface area (Å²) in [6.07, 6.45) is -4.44. The van der Waals surface area contributed by atoms with Crippen molar-refractivity contribution in [3.05, 3.63) is 23.0 Å². The Bertz CT molecular complexity index is 397. The van der Waals surface area contributed by atoms with Gasteiger partial charge in [-0.3, -0.25) is 0 Å². The van der Waals surface area contributed by atoms with Crippen molar-refractivity contribution >= 4 is 17.3 Å². The Morgan fingerprint density at radius 2 is 1.94 bits per heavy atom. The van der Waals surface area contributed by atoms with Crippen LogP contribution >= 0.6 is 11.6 Å². The van der Waals surface area contributed by atoms with E-state index in [1.54, 1.807) is 0 Å². The van der Waals surface area contributed by atoms with Gasteiger partial charge in [-0.1, -0.05) is 11.6 Å². The molecule has 0 aromatic heterocycles. The number of hydrogen-bond acceptors (Lipinski definition) is 3. The summed E-state index contributed by atoms with van der Waals surface area (Å²) >= 11 is 5.62. The molecule has 3 nitrogen and oxygen atoms in total. The van der Waals surface area contributed by atoms with E-state index >= 15 is 0 Å². The molecule has 0 saturated heterocycles. The Labute approximate surface area is 99.1 Å². The molecule has 8 heteroatoms. The van der Waals surface area contributed by atoms with Gasteiger partial charge in [0.15, 0.2) is 6.79 Å². The highest BCUT2D eigenvalue weighted by Crippen LogP contribution is 2.28. The standard InChI is InChI=1S/C9H8ClF4NO2/c10-5-1-7(15)6(11)2-8(5)17-4-16-3-9(12,13)14/h1-2H,3-4,15H2. The molecule has 0 saturated carbocycles.